The molecule has 1 aromatic heterocycles. The molecule has 106 valence electrons. The molecule has 0 radical (unpaired) electrons. The summed E-state index contributed by atoms with van der Waals surface area (Å²) >= 11 is 0. The van der Waals surface area contributed by atoms with E-state index >= 15 is 0 Å². The van der Waals surface area contributed by atoms with Crippen LogP contribution in [0.25, 0.3) is 0 Å². The van der Waals surface area contributed by atoms with Gasteiger partial charge in [0.05, 0.1) is 5.69 Å². The Bertz CT molecular complexity index is 495. The lowest BCUT2D eigenvalue weighted by Gasteiger charge is -2.21. The van der Waals surface area contributed by atoms with E-state index in [0.717, 1.165) is 21.9 Å². The third-order valence-corrected chi connectivity index (χ3v) is 3.33. The van der Waals surface area contributed by atoms with E-state index in [9.17, 15) is 9.59 Å². The molecular formula is C12H20N4O3. The second-order valence-corrected chi connectivity index (χ2v) is 4.56. The minimum absolute atomic E-state index is 0.334. The van der Waals surface area contributed by atoms with Crippen molar-refractivity contribution < 1.29 is 14.7 Å². The number of rotatable bonds is 4. The Labute approximate surface area is 112 Å². The van der Waals surface area contributed by atoms with Crippen LogP contribution in [0, 0.1) is 13.8 Å². The number of hydrogen-bond donors (Lipinski definition) is 2. The van der Waals surface area contributed by atoms with Gasteiger partial charge in [0.15, 0.2) is 0 Å². The molecule has 19 heavy (non-hydrogen) atoms. The van der Waals surface area contributed by atoms with Crippen molar-refractivity contribution in [1.29, 1.82) is 0 Å². The quantitative estimate of drug-likeness (QED) is 0.839. The van der Waals surface area contributed by atoms with Crippen LogP contribution < -0.4 is 5.32 Å². The number of aryl methyl sites for hydroxylation is 2. The normalized spacial score (nSPS) is 12.1. The first-order valence-electron chi connectivity index (χ1n) is 5.98. The average Bonchev–Trinajstić information content (AvgIpc) is 2.59. The molecule has 0 aliphatic rings. The zero-order valence-electron chi connectivity index (χ0n) is 11.9. The van der Waals surface area contributed by atoms with Crippen molar-refractivity contribution in [3.8, 4) is 0 Å². The minimum atomic E-state index is -1.04. The molecule has 0 saturated carbocycles. The van der Waals surface area contributed by atoms with Gasteiger partial charge in [0.25, 0.3) is 0 Å². The number of urea groups is 1. The maximum atomic E-state index is 11.8. The summed E-state index contributed by atoms with van der Waals surface area (Å²) in [5, 5.41) is 15.8. The SMILES string of the molecule is Cc1nn(C)c(C)c1CNC(=O)N(C)C(C)C(=O)O. The first kappa shape index (κ1) is 15.0. The van der Waals surface area contributed by atoms with Crippen molar-refractivity contribution in [1.82, 2.24) is 20.0 Å². The van der Waals surface area contributed by atoms with Gasteiger partial charge in [0, 0.05) is 31.9 Å². The molecule has 1 atom stereocenters. The van der Waals surface area contributed by atoms with Gasteiger partial charge in [-0.05, 0) is 20.8 Å². The summed E-state index contributed by atoms with van der Waals surface area (Å²) in [5.41, 5.74) is 2.79. The number of aliphatic carboxylic acids is 1. The van der Waals surface area contributed by atoms with E-state index in [-0.39, 0.29) is 0 Å². The van der Waals surface area contributed by atoms with Crippen LogP contribution in [-0.4, -0.2) is 44.9 Å². The fraction of sp³-hybridized carbons (Fsp3) is 0.583. The van der Waals surface area contributed by atoms with Crippen molar-refractivity contribution in [2.45, 2.75) is 33.4 Å². The summed E-state index contributed by atoms with van der Waals surface area (Å²) in [7, 11) is 3.29. The Morgan fingerprint density at radius 1 is 1.47 bits per heavy atom. The maximum Gasteiger partial charge on any atom is 0.326 e. The van der Waals surface area contributed by atoms with Crippen LogP contribution in [0.1, 0.15) is 23.9 Å². The number of hydrogen-bond acceptors (Lipinski definition) is 3. The number of carbonyl (C=O) groups excluding carboxylic acids is 1. The predicted octanol–water partition coefficient (Wildman–Crippen LogP) is 0.651. The number of carbonyl (C=O) groups is 2. The predicted molar refractivity (Wildman–Crippen MR) is 69.8 cm³/mol. The molecule has 2 amide bonds. The molecule has 1 rings (SSSR count). The largest absolute Gasteiger partial charge is 0.480 e. The number of likely N-dealkylation sites (N-methyl/N-ethyl adjacent to an activating group) is 1. The van der Waals surface area contributed by atoms with E-state index in [0.29, 0.717) is 6.54 Å². The topological polar surface area (TPSA) is 87.5 Å². The van der Waals surface area contributed by atoms with Crippen LogP contribution >= 0.6 is 0 Å². The van der Waals surface area contributed by atoms with Crippen molar-refractivity contribution >= 4 is 12.0 Å². The highest BCUT2D eigenvalue weighted by Gasteiger charge is 2.21. The molecule has 0 aliphatic heterocycles. The van der Waals surface area contributed by atoms with Gasteiger partial charge >= 0.3 is 12.0 Å². The highest BCUT2D eigenvalue weighted by molar-refractivity contribution is 5.82. The molecule has 0 saturated heterocycles. The summed E-state index contributed by atoms with van der Waals surface area (Å²) in [6.45, 7) is 5.59. The second-order valence-electron chi connectivity index (χ2n) is 4.56. The third kappa shape index (κ3) is 3.24. The highest BCUT2D eigenvalue weighted by Crippen LogP contribution is 2.11. The molecule has 0 aliphatic carbocycles. The molecule has 0 aromatic carbocycles. The molecule has 1 unspecified atom stereocenters. The average molecular weight is 268 g/mol. The van der Waals surface area contributed by atoms with Crippen LogP contribution in [0.4, 0.5) is 4.79 Å². The number of amides is 2. The fourth-order valence-electron chi connectivity index (χ4n) is 1.70. The van der Waals surface area contributed by atoms with Crippen molar-refractivity contribution in [2.24, 2.45) is 7.05 Å². The van der Waals surface area contributed by atoms with Crippen LogP contribution in [0.5, 0.6) is 0 Å². The van der Waals surface area contributed by atoms with Gasteiger partial charge in [-0.15, -0.1) is 0 Å². The minimum Gasteiger partial charge on any atom is -0.480 e. The second kappa shape index (κ2) is 5.73. The number of nitrogens with one attached hydrogen (secondary N) is 1. The Balaban J connectivity index is 2.67. The van der Waals surface area contributed by atoms with Gasteiger partial charge in [-0.2, -0.15) is 5.10 Å². The van der Waals surface area contributed by atoms with Crippen LogP contribution in [0.3, 0.4) is 0 Å². The van der Waals surface area contributed by atoms with Crippen molar-refractivity contribution in [3.05, 3.63) is 17.0 Å². The van der Waals surface area contributed by atoms with Gasteiger partial charge in [-0.3, -0.25) is 4.68 Å². The summed E-state index contributed by atoms with van der Waals surface area (Å²) in [4.78, 5) is 23.8. The van der Waals surface area contributed by atoms with E-state index in [1.54, 1.807) is 4.68 Å². The van der Waals surface area contributed by atoms with Crippen LogP contribution in [0.15, 0.2) is 0 Å². The molecular weight excluding hydrogens is 248 g/mol. The smallest absolute Gasteiger partial charge is 0.326 e. The number of aromatic nitrogens is 2. The molecule has 7 nitrogen and oxygen atoms in total. The fourth-order valence-corrected chi connectivity index (χ4v) is 1.70. The first-order valence-corrected chi connectivity index (χ1v) is 5.98. The van der Waals surface area contributed by atoms with Gasteiger partial charge in [-0.25, -0.2) is 9.59 Å². The van der Waals surface area contributed by atoms with Gasteiger partial charge in [0.2, 0.25) is 0 Å². The summed E-state index contributed by atoms with van der Waals surface area (Å²) in [6.07, 6.45) is 0. The monoisotopic (exact) mass is 268 g/mol. The number of carboxylic acid groups (broad SMARTS) is 1. The van der Waals surface area contributed by atoms with E-state index < -0.39 is 18.0 Å². The number of nitrogens with zero attached hydrogens (tertiary/aromatic N) is 3. The molecule has 2 N–H and O–H groups in total. The lowest BCUT2D eigenvalue weighted by molar-refractivity contribution is -0.141. The number of carboxylic acids is 1. The zero-order chi connectivity index (χ0) is 14.7. The zero-order valence-corrected chi connectivity index (χ0v) is 11.9. The van der Waals surface area contributed by atoms with Crippen LogP contribution in [-0.2, 0) is 18.4 Å². The lowest BCUT2D eigenvalue weighted by Crippen LogP contribution is -2.45. The van der Waals surface area contributed by atoms with E-state index in [1.165, 1.54) is 14.0 Å². The lowest BCUT2D eigenvalue weighted by atomic mass is 10.2. The molecule has 0 spiro atoms. The summed E-state index contributed by atoms with van der Waals surface area (Å²) in [6, 6.07) is -1.28. The van der Waals surface area contributed by atoms with Crippen molar-refractivity contribution in [3.63, 3.8) is 0 Å². The van der Waals surface area contributed by atoms with Gasteiger partial charge in [0.1, 0.15) is 6.04 Å². The van der Waals surface area contributed by atoms with E-state index in [2.05, 4.69) is 10.4 Å². The maximum absolute atomic E-state index is 11.8. The molecule has 1 heterocycles. The Morgan fingerprint density at radius 3 is 2.47 bits per heavy atom. The molecule has 0 fully saturated rings. The van der Waals surface area contributed by atoms with Crippen molar-refractivity contribution in [2.75, 3.05) is 7.05 Å². The highest BCUT2D eigenvalue weighted by atomic mass is 16.4. The van der Waals surface area contributed by atoms with E-state index in [4.69, 9.17) is 5.11 Å². The standard InChI is InChI=1S/C12H20N4O3/c1-7-10(8(2)16(5)14-7)6-13-12(19)15(4)9(3)11(17)18/h9H,6H2,1-5H3,(H,13,19)(H,17,18). The summed E-state index contributed by atoms with van der Waals surface area (Å²) < 4.78 is 1.75. The molecule has 1 aromatic rings. The molecule has 0 bridgehead atoms. The van der Waals surface area contributed by atoms with Crippen LogP contribution in [0.2, 0.25) is 0 Å². The Hall–Kier alpha value is -2.05. The van der Waals surface area contributed by atoms with E-state index in [1.807, 2.05) is 20.9 Å². The summed E-state index contributed by atoms with van der Waals surface area (Å²) in [5.74, 6) is -1.04. The van der Waals surface area contributed by atoms with Gasteiger partial charge < -0.3 is 15.3 Å². The molecule has 7 heteroatoms. The first-order chi connectivity index (χ1) is 8.75. The Morgan fingerprint density at radius 2 is 2.05 bits per heavy atom. The van der Waals surface area contributed by atoms with Gasteiger partial charge in [-0.1, -0.05) is 0 Å². The third-order valence-electron chi connectivity index (χ3n) is 3.33. The Kier molecular flexibility index (Phi) is 4.52.